The zero-order chi connectivity index (χ0) is 16.9. The Bertz CT molecular complexity index is 662. The predicted molar refractivity (Wildman–Crippen MR) is 93.2 cm³/mol. The number of carbonyl (C=O) groups excluding carboxylic acids is 1. The normalized spacial score (nSPS) is 20.7. The lowest BCUT2D eigenvalue weighted by Gasteiger charge is -2.37. The molecule has 2 amide bonds. The third kappa shape index (κ3) is 4.08. The van der Waals surface area contributed by atoms with Gasteiger partial charge in [0.05, 0.1) is 36.4 Å². The lowest BCUT2D eigenvalue weighted by Crippen LogP contribution is -2.45. The highest BCUT2D eigenvalue weighted by Crippen LogP contribution is 2.28. The maximum Gasteiger partial charge on any atom is 0.319 e. The van der Waals surface area contributed by atoms with E-state index in [-0.39, 0.29) is 18.2 Å². The highest BCUT2D eigenvalue weighted by molar-refractivity contribution is 5.93. The van der Waals surface area contributed by atoms with Crippen molar-refractivity contribution in [1.82, 2.24) is 5.32 Å². The van der Waals surface area contributed by atoms with E-state index in [9.17, 15) is 4.79 Å². The lowest BCUT2D eigenvalue weighted by atomic mass is 10.1. The second-order valence-corrected chi connectivity index (χ2v) is 6.07. The van der Waals surface area contributed by atoms with Gasteiger partial charge in [-0.05, 0) is 38.1 Å². The summed E-state index contributed by atoms with van der Waals surface area (Å²) in [6, 6.07) is 11.2. The van der Waals surface area contributed by atoms with E-state index < -0.39 is 0 Å². The average molecular weight is 329 g/mol. The highest BCUT2D eigenvalue weighted by atomic mass is 16.5. The Morgan fingerprint density at radius 3 is 2.62 bits per heavy atom. The summed E-state index contributed by atoms with van der Waals surface area (Å²) in [5.41, 5.74) is 1.79. The third-order valence-electron chi connectivity index (χ3n) is 3.92. The molecule has 6 heteroatoms. The van der Waals surface area contributed by atoms with Crippen LogP contribution in [-0.4, -0.2) is 31.3 Å². The van der Waals surface area contributed by atoms with Gasteiger partial charge in [-0.25, -0.2) is 4.79 Å². The molecule has 0 bridgehead atoms. The van der Waals surface area contributed by atoms with Gasteiger partial charge in [0, 0.05) is 13.1 Å². The zero-order valence-electron chi connectivity index (χ0n) is 14.0. The van der Waals surface area contributed by atoms with Gasteiger partial charge < -0.3 is 24.7 Å². The number of amides is 2. The van der Waals surface area contributed by atoms with Crippen molar-refractivity contribution in [2.45, 2.75) is 32.6 Å². The van der Waals surface area contributed by atoms with E-state index in [1.54, 1.807) is 12.3 Å². The molecule has 6 nitrogen and oxygen atoms in total. The number of ether oxygens (including phenoxy) is 1. The van der Waals surface area contributed by atoms with Crippen LogP contribution in [0.2, 0.25) is 0 Å². The van der Waals surface area contributed by atoms with Gasteiger partial charge in [0.2, 0.25) is 0 Å². The Hall–Kier alpha value is -2.47. The smallest absolute Gasteiger partial charge is 0.319 e. The quantitative estimate of drug-likeness (QED) is 0.904. The molecule has 1 saturated heterocycles. The first-order valence-electron chi connectivity index (χ1n) is 8.18. The van der Waals surface area contributed by atoms with Gasteiger partial charge in [-0.15, -0.1) is 0 Å². The van der Waals surface area contributed by atoms with Crippen molar-refractivity contribution in [1.29, 1.82) is 0 Å². The van der Waals surface area contributed by atoms with Gasteiger partial charge in [0.1, 0.15) is 5.76 Å². The number of morpholine rings is 1. The molecule has 24 heavy (non-hydrogen) atoms. The van der Waals surface area contributed by atoms with Crippen molar-refractivity contribution in [3.63, 3.8) is 0 Å². The van der Waals surface area contributed by atoms with Crippen LogP contribution in [-0.2, 0) is 11.3 Å². The first-order chi connectivity index (χ1) is 11.6. The first-order valence-corrected chi connectivity index (χ1v) is 8.18. The third-order valence-corrected chi connectivity index (χ3v) is 3.92. The van der Waals surface area contributed by atoms with Crippen LogP contribution in [0, 0.1) is 0 Å². The molecular formula is C18H23N3O3. The number of nitrogens with zero attached hydrogens (tertiary/aromatic N) is 1. The predicted octanol–water partition coefficient (Wildman–Crippen LogP) is 3.21. The minimum absolute atomic E-state index is 0.162. The lowest BCUT2D eigenvalue weighted by molar-refractivity contribution is -0.00517. The summed E-state index contributed by atoms with van der Waals surface area (Å²) in [6.45, 7) is 6.09. The Morgan fingerprint density at radius 2 is 1.92 bits per heavy atom. The summed E-state index contributed by atoms with van der Waals surface area (Å²) in [5, 5.41) is 5.72. The fraction of sp³-hybridized carbons (Fsp3) is 0.389. The summed E-state index contributed by atoms with van der Waals surface area (Å²) in [5.74, 6) is 0.717. The minimum Gasteiger partial charge on any atom is -0.467 e. The van der Waals surface area contributed by atoms with E-state index in [1.165, 1.54) is 0 Å². The fourth-order valence-corrected chi connectivity index (χ4v) is 2.98. The van der Waals surface area contributed by atoms with E-state index in [1.807, 2.05) is 30.3 Å². The summed E-state index contributed by atoms with van der Waals surface area (Å²) in [7, 11) is 0. The SMILES string of the molecule is C[C@H]1CN(c2ccccc2NC(=O)NCc2ccco2)C[C@H](C)O1. The van der Waals surface area contributed by atoms with Crippen molar-refractivity contribution in [2.24, 2.45) is 0 Å². The van der Waals surface area contributed by atoms with Gasteiger partial charge in [-0.3, -0.25) is 0 Å². The van der Waals surface area contributed by atoms with Crippen LogP contribution in [0.15, 0.2) is 47.1 Å². The molecule has 1 fully saturated rings. The Kier molecular flexibility index (Phi) is 5.05. The van der Waals surface area contributed by atoms with Gasteiger partial charge in [-0.2, -0.15) is 0 Å². The number of nitrogens with one attached hydrogen (secondary N) is 2. The molecule has 2 aromatic rings. The largest absolute Gasteiger partial charge is 0.467 e. The number of anilines is 2. The van der Waals surface area contributed by atoms with E-state index in [4.69, 9.17) is 9.15 Å². The minimum atomic E-state index is -0.256. The fourth-order valence-electron chi connectivity index (χ4n) is 2.98. The van der Waals surface area contributed by atoms with Crippen molar-refractivity contribution < 1.29 is 13.9 Å². The summed E-state index contributed by atoms with van der Waals surface area (Å²) in [4.78, 5) is 14.4. The van der Waals surface area contributed by atoms with E-state index in [0.717, 1.165) is 24.5 Å². The number of benzene rings is 1. The molecule has 1 aliphatic rings. The average Bonchev–Trinajstić information content (AvgIpc) is 3.06. The molecule has 1 aromatic heterocycles. The van der Waals surface area contributed by atoms with Crippen LogP contribution in [0.5, 0.6) is 0 Å². The molecule has 0 unspecified atom stereocenters. The molecule has 128 valence electrons. The number of furan rings is 1. The molecule has 1 aromatic carbocycles. The van der Waals surface area contributed by atoms with Gasteiger partial charge in [0.25, 0.3) is 0 Å². The number of carbonyl (C=O) groups is 1. The number of para-hydroxylation sites is 2. The van der Waals surface area contributed by atoms with E-state index in [2.05, 4.69) is 29.4 Å². The number of urea groups is 1. The zero-order valence-corrected chi connectivity index (χ0v) is 14.0. The van der Waals surface area contributed by atoms with Crippen LogP contribution in [0.4, 0.5) is 16.2 Å². The Balaban J connectivity index is 1.66. The summed E-state index contributed by atoms with van der Waals surface area (Å²) in [6.07, 6.45) is 1.91. The van der Waals surface area contributed by atoms with Crippen molar-refractivity contribution in [2.75, 3.05) is 23.3 Å². The van der Waals surface area contributed by atoms with Crippen molar-refractivity contribution in [3.05, 3.63) is 48.4 Å². The Morgan fingerprint density at radius 1 is 1.17 bits per heavy atom. The molecule has 2 N–H and O–H groups in total. The molecule has 1 aliphatic heterocycles. The second-order valence-electron chi connectivity index (χ2n) is 6.07. The van der Waals surface area contributed by atoms with Gasteiger partial charge in [0.15, 0.2) is 0 Å². The highest BCUT2D eigenvalue weighted by Gasteiger charge is 2.24. The molecule has 0 radical (unpaired) electrons. The maximum atomic E-state index is 12.2. The van der Waals surface area contributed by atoms with Crippen molar-refractivity contribution in [3.8, 4) is 0 Å². The molecule has 2 atom stereocenters. The maximum absolute atomic E-state index is 12.2. The number of rotatable bonds is 4. The van der Waals surface area contributed by atoms with Crippen LogP contribution in [0.3, 0.4) is 0 Å². The van der Waals surface area contributed by atoms with Crippen LogP contribution in [0.25, 0.3) is 0 Å². The molecular weight excluding hydrogens is 306 g/mol. The Labute approximate surface area is 141 Å². The van der Waals surface area contributed by atoms with Crippen LogP contribution >= 0.6 is 0 Å². The molecule has 0 spiro atoms. The van der Waals surface area contributed by atoms with E-state index >= 15 is 0 Å². The molecule has 2 heterocycles. The standard InChI is InChI=1S/C18H23N3O3/c1-13-11-21(12-14(2)24-13)17-8-4-3-7-16(17)20-18(22)19-10-15-6-5-9-23-15/h3-9,13-14H,10-12H2,1-2H3,(H2,19,20,22)/t13-,14-/m0/s1. The number of hydrogen-bond acceptors (Lipinski definition) is 4. The monoisotopic (exact) mass is 329 g/mol. The van der Waals surface area contributed by atoms with Crippen LogP contribution < -0.4 is 15.5 Å². The van der Waals surface area contributed by atoms with E-state index in [0.29, 0.717) is 12.3 Å². The topological polar surface area (TPSA) is 66.7 Å². The second kappa shape index (κ2) is 7.40. The van der Waals surface area contributed by atoms with Gasteiger partial charge >= 0.3 is 6.03 Å². The summed E-state index contributed by atoms with van der Waals surface area (Å²) < 4.78 is 11.0. The molecule has 3 rings (SSSR count). The van der Waals surface area contributed by atoms with Crippen molar-refractivity contribution >= 4 is 17.4 Å². The first kappa shape index (κ1) is 16.4. The van der Waals surface area contributed by atoms with Crippen LogP contribution in [0.1, 0.15) is 19.6 Å². The van der Waals surface area contributed by atoms with Gasteiger partial charge in [-0.1, -0.05) is 12.1 Å². The molecule has 0 saturated carbocycles. The molecule has 0 aliphatic carbocycles. The number of hydrogen-bond donors (Lipinski definition) is 2. The summed E-state index contributed by atoms with van der Waals surface area (Å²) >= 11 is 0.